The third-order valence-corrected chi connectivity index (χ3v) is 4.91. The molecule has 0 aliphatic heterocycles. The van der Waals surface area contributed by atoms with Crippen molar-refractivity contribution in [2.45, 2.75) is 58.5 Å². The van der Waals surface area contributed by atoms with Gasteiger partial charge in [-0.05, 0) is 56.7 Å². The Morgan fingerprint density at radius 2 is 2.25 bits per heavy atom. The zero-order valence-corrected chi connectivity index (χ0v) is 13.4. The Hall–Kier alpha value is -0.800. The van der Waals surface area contributed by atoms with Crippen molar-refractivity contribution in [3.63, 3.8) is 0 Å². The summed E-state index contributed by atoms with van der Waals surface area (Å²) in [5.74, 6) is 0.735. The van der Waals surface area contributed by atoms with Crippen LogP contribution in [0.1, 0.15) is 58.1 Å². The van der Waals surface area contributed by atoms with Crippen molar-refractivity contribution in [2.75, 3.05) is 13.6 Å². The predicted octanol–water partition coefficient (Wildman–Crippen LogP) is 3.73. The summed E-state index contributed by atoms with van der Waals surface area (Å²) in [7, 11) is 2.11. The fraction of sp³-hybridized carbons (Fsp3) is 0.765. The van der Waals surface area contributed by atoms with Crippen molar-refractivity contribution in [3.05, 3.63) is 24.2 Å². The van der Waals surface area contributed by atoms with Gasteiger partial charge in [-0.3, -0.25) is 0 Å². The van der Waals surface area contributed by atoms with Crippen molar-refractivity contribution in [1.29, 1.82) is 0 Å². The molecular weight excluding hydrogens is 248 g/mol. The molecule has 1 heterocycles. The van der Waals surface area contributed by atoms with Crippen LogP contribution >= 0.6 is 0 Å². The first kappa shape index (κ1) is 15.6. The predicted molar refractivity (Wildman–Crippen MR) is 83.7 cm³/mol. The maximum atomic E-state index is 5.28. The van der Waals surface area contributed by atoms with Gasteiger partial charge in [0.25, 0.3) is 0 Å². The minimum atomic E-state index is 0.408. The largest absolute Gasteiger partial charge is 0.472 e. The molecule has 1 aromatic rings. The quantitative estimate of drug-likeness (QED) is 0.798. The Balaban J connectivity index is 2.04. The van der Waals surface area contributed by atoms with Gasteiger partial charge in [-0.25, -0.2) is 0 Å². The minimum Gasteiger partial charge on any atom is -0.472 e. The van der Waals surface area contributed by atoms with E-state index < -0.39 is 0 Å². The molecule has 0 radical (unpaired) electrons. The molecule has 114 valence electrons. The van der Waals surface area contributed by atoms with E-state index in [-0.39, 0.29) is 0 Å². The monoisotopic (exact) mass is 278 g/mol. The van der Waals surface area contributed by atoms with Crippen molar-refractivity contribution in [3.8, 4) is 0 Å². The highest BCUT2D eigenvalue weighted by Crippen LogP contribution is 2.44. The molecule has 0 amide bonds. The average Bonchev–Trinajstić information content (AvgIpc) is 3.02. The van der Waals surface area contributed by atoms with E-state index in [1.54, 1.807) is 6.26 Å². The maximum absolute atomic E-state index is 5.28. The van der Waals surface area contributed by atoms with Crippen LogP contribution in [0.5, 0.6) is 0 Å². The zero-order chi connectivity index (χ0) is 14.6. The molecule has 0 aromatic carbocycles. The lowest BCUT2D eigenvalue weighted by Gasteiger charge is -2.32. The Bertz CT molecular complexity index is 386. The number of hydrogen-bond acceptors (Lipinski definition) is 3. The molecule has 2 N–H and O–H groups in total. The Morgan fingerprint density at radius 1 is 1.45 bits per heavy atom. The van der Waals surface area contributed by atoms with Crippen LogP contribution < -0.4 is 10.6 Å². The summed E-state index contributed by atoms with van der Waals surface area (Å²) in [6.45, 7) is 8.06. The Morgan fingerprint density at radius 3 is 2.85 bits per heavy atom. The van der Waals surface area contributed by atoms with E-state index in [4.69, 9.17) is 4.42 Å². The molecule has 3 atom stereocenters. The highest BCUT2D eigenvalue weighted by atomic mass is 16.3. The summed E-state index contributed by atoms with van der Waals surface area (Å²) in [6.07, 6.45) is 8.66. The summed E-state index contributed by atoms with van der Waals surface area (Å²) in [6, 6.07) is 3.13. The van der Waals surface area contributed by atoms with Crippen molar-refractivity contribution >= 4 is 0 Å². The van der Waals surface area contributed by atoms with Gasteiger partial charge in [0.1, 0.15) is 0 Å². The molecule has 0 spiro atoms. The van der Waals surface area contributed by atoms with Crippen LogP contribution in [0.3, 0.4) is 0 Å². The minimum absolute atomic E-state index is 0.408. The molecule has 2 rings (SSSR count). The number of hydrogen-bond donors (Lipinski definition) is 2. The van der Waals surface area contributed by atoms with Gasteiger partial charge in [-0.2, -0.15) is 0 Å². The highest BCUT2D eigenvalue weighted by molar-refractivity contribution is 5.12. The normalized spacial score (nSPS) is 26.8. The van der Waals surface area contributed by atoms with E-state index in [0.717, 1.165) is 12.5 Å². The lowest BCUT2D eigenvalue weighted by Crippen LogP contribution is -2.41. The third kappa shape index (κ3) is 3.44. The van der Waals surface area contributed by atoms with Crippen LogP contribution in [0.15, 0.2) is 23.0 Å². The molecular formula is C17H30N2O. The van der Waals surface area contributed by atoms with Crippen LogP contribution in [0.4, 0.5) is 0 Å². The van der Waals surface area contributed by atoms with E-state index in [1.807, 2.05) is 6.26 Å². The zero-order valence-electron chi connectivity index (χ0n) is 13.4. The molecule has 3 heteroatoms. The first-order valence-electron chi connectivity index (χ1n) is 8.01. The average molecular weight is 278 g/mol. The van der Waals surface area contributed by atoms with Crippen LogP contribution in [0, 0.1) is 11.3 Å². The fourth-order valence-corrected chi connectivity index (χ4v) is 3.83. The third-order valence-electron chi connectivity index (χ3n) is 4.91. The van der Waals surface area contributed by atoms with Gasteiger partial charge in [0.2, 0.25) is 0 Å². The van der Waals surface area contributed by atoms with Gasteiger partial charge >= 0.3 is 0 Å². The van der Waals surface area contributed by atoms with Crippen LogP contribution in [-0.2, 0) is 0 Å². The molecule has 1 aromatic heterocycles. The summed E-state index contributed by atoms with van der Waals surface area (Å²) >= 11 is 0. The van der Waals surface area contributed by atoms with Crippen molar-refractivity contribution < 1.29 is 4.42 Å². The van der Waals surface area contributed by atoms with E-state index in [1.165, 1.54) is 31.2 Å². The summed E-state index contributed by atoms with van der Waals surface area (Å²) < 4.78 is 5.28. The molecule has 1 fully saturated rings. The van der Waals surface area contributed by atoms with Gasteiger partial charge in [0.15, 0.2) is 0 Å². The van der Waals surface area contributed by atoms with Crippen LogP contribution in [0.2, 0.25) is 0 Å². The van der Waals surface area contributed by atoms with E-state index in [0.29, 0.717) is 17.5 Å². The smallest absolute Gasteiger partial charge is 0.0950 e. The van der Waals surface area contributed by atoms with Gasteiger partial charge in [0, 0.05) is 17.6 Å². The molecule has 3 unspecified atom stereocenters. The first-order valence-corrected chi connectivity index (χ1v) is 8.01. The molecule has 20 heavy (non-hydrogen) atoms. The number of rotatable bonds is 7. The highest BCUT2D eigenvalue weighted by Gasteiger charge is 2.41. The lowest BCUT2D eigenvalue weighted by atomic mass is 9.82. The van der Waals surface area contributed by atoms with Gasteiger partial charge in [0.05, 0.1) is 12.5 Å². The first-order chi connectivity index (χ1) is 9.58. The standard InChI is InChI=1S/C17H30N2O/c1-5-9-19-15(14-7-10-20-12-14)11-13-6-8-17(2,3)16(13)18-4/h7,10,12-13,15-16,18-19H,5-6,8-9,11H2,1-4H3. The van der Waals surface area contributed by atoms with Crippen molar-refractivity contribution in [2.24, 2.45) is 11.3 Å². The van der Waals surface area contributed by atoms with E-state index >= 15 is 0 Å². The summed E-state index contributed by atoms with van der Waals surface area (Å²) in [5, 5.41) is 7.24. The second-order valence-corrected chi connectivity index (χ2v) is 6.85. The molecule has 1 saturated carbocycles. The molecule has 0 saturated heterocycles. The molecule has 3 nitrogen and oxygen atoms in total. The Kier molecular flexibility index (Phi) is 5.28. The number of furan rings is 1. The summed E-state index contributed by atoms with van der Waals surface area (Å²) in [4.78, 5) is 0. The molecule has 0 bridgehead atoms. The second kappa shape index (κ2) is 6.77. The number of nitrogens with one attached hydrogen (secondary N) is 2. The van der Waals surface area contributed by atoms with Gasteiger partial charge in [-0.1, -0.05) is 20.8 Å². The summed E-state index contributed by atoms with van der Waals surface area (Å²) in [5.41, 5.74) is 1.70. The van der Waals surface area contributed by atoms with Gasteiger partial charge in [-0.15, -0.1) is 0 Å². The second-order valence-electron chi connectivity index (χ2n) is 6.85. The fourth-order valence-electron chi connectivity index (χ4n) is 3.83. The Labute approximate surface area is 123 Å². The SMILES string of the molecule is CCCNC(CC1CCC(C)(C)C1NC)c1ccoc1. The van der Waals surface area contributed by atoms with Gasteiger partial charge < -0.3 is 15.1 Å². The van der Waals surface area contributed by atoms with E-state index in [2.05, 4.69) is 44.5 Å². The van der Waals surface area contributed by atoms with Crippen LogP contribution in [-0.4, -0.2) is 19.6 Å². The van der Waals surface area contributed by atoms with E-state index in [9.17, 15) is 0 Å². The van der Waals surface area contributed by atoms with Crippen molar-refractivity contribution in [1.82, 2.24) is 10.6 Å². The molecule has 1 aliphatic carbocycles. The lowest BCUT2D eigenvalue weighted by molar-refractivity contribution is 0.242. The van der Waals surface area contributed by atoms with Crippen LogP contribution in [0.25, 0.3) is 0 Å². The topological polar surface area (TPSA) is 37.2 Å². The molecule has 1 aliphatic rings. The maximum Gasteiger partial charge on any atom is 0.0950 e.